The van der Waals surface area contributed by atoms with E-state index in [4.69, 9.17) is 27.9 Å². The van der Waals surface area contributed by atoms with Gasteiger partial charge in [0.1, 0.15) is 17.9 Å². The van der Waals surface area contributed by atoms with Gasteiger partial charge in [-0.25, -0.2) is 9.69 Å². The van der Waals surface area contributed by atoms with Gasteiger partial charge >= 0.3 is 6.03 Å². The van der Waals surface area contributed by atoms with E-state index in [1.165, 1.54) is 50.2 Å². The van der Waals surface area contributed by atoms with Crippen LogP contribution < -0.4 is 15.0 Å². The number of carbonyl (C=O) groups excluding carboxylic acids is 3. The molecule has 10 heteroatoms. The Balaban J connectivity index is 1.11. The van der Waals surface area contributed by atoms with Crippen LogP contribution in [-0.2, 0) is 21.6 Å². The van der Waals surface area contributed by atoms with E-state index in [2.05, 4.69) is 62.6 Å². The first-order valence-electron chi connectivity index (χ1n) is 14.7. The summed E-state index contributed by atoms with van der Waals surface area (Å²) in [6.07, 6.45) is 9.34. The van der Waals surface area contributed by atoms with E-state index in [0.717, 1.165) is 35.4 Å². The van der Waals surface area contributed by atoms with Crippen molar-refractivity contribution in [1.29, 1.82) is 0 Å². The summed E-state index contributed by atoms with van der Waals surface area (Å²) in [4.78, 5) is 40.5. The fourth-order valence-electron chi connectivity index (χ4n) is 8.08. The number of ether oxygens (including phenoxy) is 1. The van der Waals surface area contributed by atoms with Crippen LogP contribution in [0.1, 0.15) is 55.2 Å². The average Bonchev–Trinajstić information content (AvgIpc) is 2.95. The standard InChI is InChI=1S/C34H28Cl2I2N2O4/c35-24-4-1-22(27(36)13-24)17-44-30-28(37)11-18(12-29(30)38)10-26-31(41)39-33(43)40(32(26)42)25-5-2-23(3-6-25)34-14-19-7-20(15-34)9-21(8-19)16-34/h1-6,10-13,19-21H,7-9,14-17H2,(H,39,41,43)/b26-10+. The van der Waals surface area contributed by atoms with Crippen LogP contribution in [0, 0.1) is 24.9 Å². The molecule has 0 unspecified atom stereocenters. The summed E-state index contributed by atoms with van der Waals surface area (Å²) in [5.41, 5.74) is 3.31. The van der Waals surface area contributed by atoms with Gasteiger partial charge in [-0.15, -0.1) is 0 Å². The Bertz CT molecular complexity index is 1680. The molecule has 226 valence electrons. The van der Waals surface area contributed by atoms with Gasteiger partial charge in [0.15, 0.2) is 0 Å². The molecule has 0 aromatic heterocycles. The van der Waals surface area contributed by atoms with Crippen LogP contribution in [0.25, 0.3) is 6.08 Å². The number of benzene rings is 3. The molecule has 5 fully saturated rings. The molecule has 1 saturated heterocycles. The highest BCUT2D eigenvalue weighted by Crippen LogP contribution is 2.60. The lowest BCUT2D eigenvalue weighted by molar-refractivity contribution is -0.122. The molecule has 0 radical (unpaired) electrons. The molecule has 1 heterocycles. The maximum Gasteiger partial charge on any atom is 0.335 e. The van der Waals surface area contributed by atoms with Crippen LogP contribution in [0.4, 0.5) is 10.5 Å². The molecular formula is C34H28Cl2I2N2O4. The Hall–Kier alpha value is -2.15. The van der Waals surface area contributed by atoms with Gasteiger partial charge in [-0.2, -0.15) is 0 Å². The van der Waals surface area contributed by atoms with Crippen molar-refractivity contribution in [3.8, 4) is 5.75 Å². The van der Waals surface area contributed by atoms with Crippen LogP contribution in [0.2, 0.25) is 10.0 Å². The van der Waals surface area contributed by atoms with Crippen LogP contribution in [-0.4, -0.2) is 17.8 Å². The lowest BCUT2D eigenvalue weighted by Crippen LogP contribution is -2.54. The minimum Gasteiger partial charge on any atom is -0.487 e. The second-order valence-corrected chi connectivity index (χ2v) is 15.7. The molecule has 4 saturated carbocycles. The Morgan fingerprint density at radius 1 is 0.886 bits per heavy atom. The Morgan fingerprint density at radius 3 is 2.09 bits per heavy atom. The summed E-state index contributed by atoms with van der Waals surface area (Å²) in [7, 11) is 0. The van der Waals surface area contributed by atoms with Gasteiger partial charge < -0.3 is 4.74 Å². The van der Waals surface area contributed by atoms with Crippen molar-refractivity contribution in [1.82, 2.24) is 5.32 Å². The predicted octanol–water partition coefficient (Wildman–Crippen LogP) is 8.92. The van der Waals surface area contributed by atoms with Gasteiger partial charge in [-0.05, 0) is 160 Å². The molecule has 3 aromatic rings. The number of halogens is 4. The SMILES string of the molecule is O=C1NC(=O)N(c2ccc(C34CC5CC(CC(C5)C3)C4)cc2)C(=O)/C1=C/c1cc(I)c(OCc2ccc(Cl)cc2Cl)c(I)c1. The van der Waals surface area contributed by atoms with Gasteiger partial charge in [0, 0.05) is 15.6 Å². The maximum atomic E-state index is 13.6. The van der Waals surface area contributed by atoms with Crippen LogP contribution in [0.5, 0.6) is 5.75 Å². The second kappa shape index (κ2) is 11.9. The van der Waals surface area contributed by atoms with Gasteiger partial charge in [-0.3, -0.25) is 14.9 Å². The van der Waals surface area contributed by atoms with Crippen molar-refractivity contribution in [2.45, 2.75) is 50.5 Å². The number of nitrogens with zero attached hydrogens (tertiary/aromatic N) is 1. The first-order valence-corrected chi connectivity index (χ1v) is 17.6. The van der Waals surface area contributed by atoms with Crippen LogP contribution in [0.15, 0.2) is 60.2 Å². The van der Waals surface area contributed by atoms with E-state index in [-0.39, 0.29) is 17.6 Å². The average molecular weight is 853 g/mol. The zero-order valence-electron chi connectivity index (χ0n) is 23.5. The monoisotopic (exact) mass is 852 g/mol. The molecule has 4 bridgehead atoms. The first kappa shape index (κ1) is 30.5. The zero-order chi connectivity index (χ0) is 30.7. The first-order chi connectivity index (χ1) is 21.1. The third-order valence-corrected chi connectivity index (χ3v) is 11.8. The highest BCUT2D eigenvalue weighted by atomic mass is 127. The summed E-state index contributed by atoms with van der Waals surface area (Å²) < 4.78 is 7.66. The molecule has 5 aliphatic rings. The van der Waals surface area contributed by atoms with E-state index < -0.39 is 17.8 Å². The van der Waals surface area contributed by atoms with Gasteiger partial charge in [0.05, 0.1) is 12.8 Å². The summed E-state index contributed by atoms with van der Waals surface area (Å²) in [6.45, 7) is 0.252. The number of urea groups is 1. The number of barbiturate groups is 1. The highest BCUT2D eigenvalue weighted by Gasteiger charge is 2.51. The van der Waals surface area contributed by atoms with Crippen LogP contribution in [0.3, 0.4) is 0 Å². The molecule has 4 amide bonds. The lowest BCUT2D eigenvalue weighted by atomic mass is 9.48. The van der Waals surface area contributed by atoms with E-state index in [1.807, 2.05) is 30.3 Å². The summed E-state index contributed by atoms with van der Waals surface area (Å²) in [5, 5.41) is 3.42. The number of imide groups is 2. The Morgan fingerprint density at radius 2 is 1.50 bits per heavy atom. The van der Waals surface area contributed by atoms with Crippen molar-refractivity contribution in [3.05, 3.63) is 94.0 Å². The Labute approximate surface area is 293 Å². The zero-order valence-corrected chi connectivity index (χ0v) is 29.4. The Kier molecular flexibility index (Phi) is 8.25. The number of hydrogen-bond acceptors (Lipinski definition) is 4. The number of amides is 4. The lowest BCUT2D eigenvalue weighted by Gasteiger charge is -2.57. The topological polar surface area (TPSA) is 75.7 Å². The second-order valence-electron chi connectivity index (χ2n) is 12.5. The number of hydrogen-bond donors (Lipinski definition) is 1. The number of rotatable bonds is 6. The molecule has 8 rings (SSSR count). The van der Waals surface area contributed by atoms with Crippen molar-refractivity contribution in [2.24, 2.45) is 17.8 Å². The normalized spacial score (nSPS) is 26.8. The summed E-state index contributed by atoms with van der Waals surface area (Å²) in [6, 6.07) is 16.0. The third-order valence-electron chi connectivity index (χ3n) is 9.60. The summed E-state index contributed by atoms with van der Waals surface area (Å²) >= 11 is 16.6. The van der Waals surface area contributed by atoms with Crippen molar-refractivity contribution < 1.29 is 19.1 Å². The fraction of sp³-hybridized carbons (Fsp3) is 0.324. The molecule has 3 aromatic carbocycles. The molecule has 0 spiro atoms. The minimum absolute atomic E-state index is 0.108. The van der Waals surface area contributed by atoms with E-state index in [9.17, 15) is 14.4 Å². The van der Waals surface area contributed by atoms with Crippen molar-refractivity contribution >= 4 is 98.0 Å². The fourth-order valence-corrected chi connectivity index (χ4v) is 10.7. The highest BCUT2D eigenvalue weighted by molar-refractivity contribution is 14.1. The third kappa shape index (κ3) is 5.69. The summed E-state index contributed by atoms with van der Waals surface area (Å²) in [5.74, 6) is 1.76. The van der Waals surface area contributed by atoms with Gasteiger partial charge in [0.2, 0.25) is 0 Å². The molecule has 4 aliphatic carbocycles. The number of anilines is 1. The minimum atomic E-state index is -0.742. The van der Waals surface area contributed by atoms with Crippen LogP contribution >= 0.6 is 68.4 Å². The molecule has 1 N–H and O–H groups in total. The molecule has 6 nitrogen and oxygen atoms in total. The quantitative estimate of drug-likeness (QED) is 0.153. The van der Waals surface area contributed by atoms with Crippen molar-refractivity contribution in [3.63, 3.8) is 0 Å². The maximum absolute atomic E-state index is 13.6. The van der Waals surface area contributed by atoms with E-state index in [1.54, 1.807) is 12.1 Å². The smallest absolute Gasteiger partial charge is 0.335 e. The van der Waals surface area contributed by atoms with Gasteiger partial charge in [0.25, 0.3) is 11.8 Å². The molecule has 0 atom stereocenters. The molecular weight excluding hydrogens is 825 g/mol. The molecule has 1 aliphatic heterocycles. The van der Waals surface area contributed by atoms with E-state index >= 15 is 0 Å². The van der Waals surface area contributed by atoms with Gasteiger partial charge in [-0.1, -0.05) is 41.4 Å². The van der Waals surface area contributed by atoms with Crippen molar-refractivity contribution in [2.75, 3.05) is 4.90 Å². The largest absolute Gasteiger partial charge is 0.487 e. The number of carbonyl (C=O) groups is 3. The number of nitrogens with one attached hydrogen (secondary N) is 1. The van der Waals surface area contributed by atoms with E-state index in [0.29, 0.717) is 27.0 Å². The predicted molar refractivity (Wildman–Crippen MR) is 188 cm³/mol. The molecule has 44 heavy (non-hydrogen) atoms.